The molecule has 0 aliphatic carbocycles. The molecule has 6 nitrogen and oxygen atoms in total. The number of aromatic amines is 1. The Hall–Kier alpha value is -3.41. The van der Waals surface area contributed by atoms with Crippen LogP contribution < -0.4 is 10.3 Å². The number of hydrogen-bond donors (Lipinski definition) is 1. The highest BCUT2D eigenvalue weighted by Gasteiger charge is 2.08. The standard InChI is InChI=1S/C19H16N4O2/c1-25-17-9-8-15-18(22-17)19(24)21-16(20-15)12-13-4-6-14(7-5-13)23-10-2-3-11-23/h2-11H,12H2,1H3,(H,20,21,24). The summed E-state index contributed by atoms with van der Waals surface area (Å²) < 4.78 is 7.09. The second kappa shape index (κ2) is 6.24. The molecular formula is C19H16N4O2. The zero-order valence-corrected chi connectivity index (χ0v) is 13.6. The van der Waals surface area contributed by atoms with Gasteiger partial charge in [-0.25, -0.2) is 9.97 Å². The van der Waals surface area contributed by atoms with Crippen molar-refractivity contribution >= 4 is 11.0 Å². The molecule has 0 amide bonds. The number of aromatic nitrogens is 4. The molecule has 0 saturated heterocycles. The summed E-state index contributed by atoms with van der Waals surface area (Å²) in [5.74, 6) is 1.01. The molecule has 1 aromatic carbocycles. The summed E-state index contributed by atoms with van der Waals surface area (Å²) >= 11 is 0. The van der Waals surface area contributed by atoms with Crippen molar-refractivity contribution < 1.29 is 4.74 Å². The van der Waals surface area contributed by atoms with Crippen molar-refractivity contribution in [2.24, 2.45) is 0 Å². The van der Waals surface area contributed by atoms with Crippen LogP contribution >= 0.6 is 0 Å². The number of pyridine rings is 1. The molecule has 3 aromatic heterocycles. The van der Waals surface area contributed by atoms with E-state index in [4.69, 9.17) is 4.74 Å². The molecule has 4 aromatic rings. The van der Waals surface area contributed by atoms with Crippen molar-refractivity contribution in [1.82, 2.24) is 19.5 Å². The third-order valence-electron chi connectivity index (χ3n) is 4.00. The van der Waals surface area contributed by atoms with E-state index in [1.54, 1.807) is 12.1 Å². The first-order chi connectivity index (χ1) is 12.2. The zero-order valence-electron chi connectivity index (χ0n) is 13.6. The maximum absolute atomic E-state index is 12.3. The quantitative estimate of drug-likeness (QED) is 0.624. The van der Waals surface area contributed by atoms with Crippen molar-refractivity contribution in [2.45, 2.75) is 6.42 Å². The van der Waals surface area contributed by atoms with Crippen LogP contribution in [0.3, 0.4) is 0 Å². The van der Waals surface area contributed by atoms with Crippen LogP contribution in [0.15, 0.2) is 65.7 Å². The minimum atomic E-state index is -0.261. The van der Waals surface area contributed by atoms with E-state index in [0.717, 1.165) is 11.3 Å². The third kappa shape index (κ3) is 3.01. The van der Waals surface area contributed by atoms with Crippen LogP contribution in [0.1, 0.15) is 11.4 Å². The number of hydrogen-bond acceptors (Lipinski definition) is 4. The molecule has 0 aliphatic heterocycles. The predicted octanol–water partition coefficient (Wildman–Crippen LogP) is 2.71. The van der Waals surface area contributed by atoms with Gasteiger partial charge in [0, 0.05) is 30.6 Å². The highest BCUT2D eigenvalue weighted by atomic mass is 16.5. The number of nitrogens with one attached hydrogen (secondary N) is 1. The topological polar surface area (TPSA) is 72.8 Å². The number of H-pyrrole nitrogens is 1. The van der Waals surface area contributed by atoms with Crippen LogP contribution in [0.5, 0.6) is 5.88 Å². The molecule has 0 unspecified atom stereocenters. The minimum Gasteiger partial charge on any atom is -0.481 e. The van der Waals surface area contributed by atoms with Gasteiger partial charge < -0.3 is 14.3 Å². The SMILES string of the molecule is COc1ccc2nc(Cc3ccc(-n4cccc4)cc3)[nH]c(=O)c2n1. The first kappa shape index (κ1) is 15.1. The van der Waals surface area contributed by atoms with Crippen LogP contribution in [-0.4, -0.2) is 26.6 Å². The molecule has 0 atom stereocenters. The van der Waals surface area contributed by atoms with Crippen molar-refractivity contribution in [2.75, 3.05) is 7.11 Å². The Balaban J connectivity index is 1.63. The Kier molecular flexibility index (Phi) is 3.78. The van der Waals surface area contributed by atoms with Crippen LogP contribution in [0.25, 0.3) is 16.7 Å². The molecule has 1 N–H and O–H groups in total. The Morgan fingerprint density at radius 1 is 1.04 bits per heavy atom. The molecule has 0 bridgehead atoms. The van der Waals surface area contributed by atoms with Gasteiger partial charge in [-0.2, -0.15) is 0 Å². The minimum absolute atomic E-state index is 0.261. The molecule has 0 radical (unpaired) electrons. The van der Waals surface area contributed by atoms with Crippen LogP contribution in [0.2, 0.25) is 0 Å². The summed E-state index contributed by atoms with van der Waals surface area (Å²) in [6.45, 7) is 0. The van der Waals surface area contributed by atoms with E-state index >= 15 is 0 Å². The van der Waals surface area contributed by atoms with E-state index in [2.05, 4.69) is 15.0 Å². The summed E-state index contributed by atoms with van der Waals surface area (Å²) in [5, 5.41) is 0. The number of ether oxygens (including phenoxy) is 1. The number of rotatable bonds is 4. The Morgan fingerprint density at radius 3 is 2.52 bits per heavy atom. The molecule has 0 spiro atoms. The van der Waals surface area contributed by atoms with Crippen LogP contribution in [0.4, 0.5) is 0 Å². The lowest BCUT2D eigenvalue weighted by Gasteiger charge is -2.06. The average Bonchev–Trinajstić information content (AvgIpc) is 3.17. The molecule has 124 valence electrons. The van der Waals surface area contributed by atoms with Crippen molar-refractivity contribution in [3.05, 3.63) is 82.7 Å². The van der Waals surface area contributed by atoms with Gasteiger partial charge in [-0.05, 0) is 35.9 Å². The maximum Gasteiger partial charge on any atom is 0.277 e. The second-order valence-corrected chi connectivity index (χ2v) is 5.67. The van der Waals surface area contributed by atoms with E-state index in [0.29, 0.717) is 23.6 Å². The van der Waals surface area contributed by atoms with Crippen molar-refractivity contribution in [1.29, 1.82) is 0 Å². The highest BCUT2D eigenvalue weighted by Crippen LogP contribution is 2.14. The maximum atomic E-state index is 12.3. The van der Waals surface area contributed by atoms with Gasteiger partial charge in [0.1, 0.15) is 5.82 Å². The first-order valence-corrected chi connectivity index (χ1v) is 7.89. The lowest BCUT2D eigenvalue weighted by Crippen LogP contribution is -2.13. The van der Waals surface area contributed by atoms with E-state index in [1.165, 1.54) is 7.11 Å². The summed E-state index contributed by atoms with van der Waals surface area (Å²) in [5.41, 5.74) is 2.74. The highest BCUT2D eigenvalue weighted by molar-refractivity contribution is 5.73. The summed E-state index contributed by atoms with van der Waals surface area (Å²) in [7, 11) is 1.52. The van der Waals surface area contributed by atoms with E-state index < -0.39 is 0 Å². The molecular weight excluding hydrogens is 316 g/mol. The summed E-state index contributed by atoms with van der Waals surface area (Å²) in [6, 6.07) is 15.6. The van der Waals surface area contributed by atoms with Crippen LogP contribution in [-0.2, 0) is 6.42 Å². The Labute approximate surface area is 143 Å². The molecule has 4 rings (SSSR count). The second-order valence-electron chi connectivity index (χ2n) is 5.67. The number of nitrogens with zero attached hydrogens (tertiary/aromatic N) is 3. The first-order valence-electron chi connectivity index (χ1n) is 7.89. The fourth-order valence-corrected chi connectivity index (χ4v) is 2.74. The normalized spacial score (nSPS) is 10.9. The van der Waals surface area contributed by atoms with Gasteiger partial charge in [0.15, 0.2) is 5.52 Å². The largest absolute Gasteiger partial charge is 0.481 e. The van der Waals surface area contributed by atoms with Gasteiger partial charge in [-0.3, -0.25) is 4.79 Å². The molecule has 6 heteroatoms. The fraction of sp³-hybridized carbons (Fsp3) is 0.105. The number of methoxy groups -OCH3 is 1. The van der Waals surface area contributed by atoms with Gasteiger partial charge in [0.2, 0.25) is 5.88 Å². The zero-order chi connectivity index (χ0) is 17.2. The van der Waals surface area contributed by atoms with Crippen LogP contribution in [0, 0.1) is 0 Å². The van der Waals surface area contributed by atoms with E-state index in [9.17, 15) is 4.79 Å². The third-order valence-corrected chi connectivity index (χ3v) is 4.00. The smallest absolute Gasteiger partial charge is 0.277 e. The Morgan fingerprint density at radius 2 is 1.80 bits per heavy atom. The summed E-state index contributed by atoms with van der Waals surface area (Å²) in [4.78, 5) is 23.7. The fourth-order valence-electron chi connectivity index (χ4n) is 2.74. The van der Waals surface area contributed by atoms with Gasteiger partial charge in [-0.15, -0.1) is 0 Å². The Bertz CT molecular complexity index is 1070. The van der Waals surface area contributed by atoms with Gasteiger partial charge in [-0.1, -0.05) is 12.1 Å². The summed E-state index contributed by atoms with van der Waals surface area (Å²) in [6.07, 6.45) is 4.54. The average molecular weight is 332 g/mol. The van der Waals surface area contributed by atoms with Crippen molar-refractivity contribution in [3.63, 3.8) is 0 Å². The molecule has 0 aliphatic rings. The predicted molar refractivity (Wildman–Crippen MR) is 95.3 cm³/mol. The number of fused-ring (bicyclic) bond motifs is 1. The van der Waals surface area contributed by atoms with Gasteiger partial charge in [0.05, 0.1) is 12.6 Å². The molecule has 3 heterocycles. The molecule has 25 heavy (non-hydrogen) atoms. The molecule has 0 saturated carbocycles. The lowest BCUT2D eigenvalue weighted by atomic mass is 10.1. The monoisotopic (exact) mass is 332 g/mol. The number of benzene rings is 1. The van der Waals surface area contributed by atoms with Gasteiger partial charge in [0.25, 0.3) is 5.56 Å². The lowest BCUT2D eigenvalue weighted by molar-refractivity contribution is 0.399. The molecule has 0 fully saturated rings. The van der Waals surface area contributed by atoms with Gasteiger partial charge >= 0.3 is 0 Å². The van der Waals surface area contributed by atoms with E-state index in [-0.39, 0.29) is 11.1 Å². The van der Waals surface area contributed by atoms with E-state index in [1.807, 2.05) is 53.4 Å². The van der Waals surface area contributed by atoms with Crippen molar-refractivity contribution in [3.8, 4) is 11.6 Å².